The van der Waals surface area contributed by atoms with Crippen molar-refractivity contribution in [2.75, 3.05) is 25.7 Å². The molecule has 0 aliphatic carbocycles. The predicted octanol–water partition coefficient (Wildman–Crippen LogP) is 7.21. The van der Waals surface area contributed by atoms with Crippen molar-refractivity contribution in [2.24, 2.45) is 0 Å². The Morgan fingerprint density at radius 2 is 1.35 bits per heavy atom. The Bertz CT molecular complexity index is 386. The van der Waals surface area contributed by atoms with E-state index in [1.807, 2.05) is 23.5 Å². The molecule has 0 spiro atoms. The lowest BCUT2D eigenvalue weighted by atomic mass is 10.3. The van der Waals surface area contributed by atoms with E-state index in [0.717, 1.165) is 11.5 Å². The average molecular weight is 417 g/mol. The zero-order valence-electron chi connectivity index (χ0n) is 14.5. The molecule has 0 radical (unpaired) electrons. The van der Waals surface area contributed by atoms with Crippen LogP contribution < -0.4 is 0 Å². The van der Waals surface area contributed by atoms with Crippen molar-refractivity contribution in [1.29, 1.82) is 0 Å². The number of hydrogen-bond acceptors (Lipinski definition) is 7. The van der Waals surface area contributed by atoms with Crippen molar-refractivity contribution in [2.45, 2.75) is 56.7 Å². The summed E-state index contributed by atoms with van der Waals surface area (Å²) >= 11 is 7.15. The minimum absolute atomic E-state index is 0.167. The van der Waals surface area contributed by atoms with Crippen LogP contribution in [0.1, 0.15) is 52.4 Å². The summed E-state index contributed by atoms with van der Waals surface area (Å²) in [6, 6.07) is 0. The van der Waals surface area contributed by atoms with E-state index in [1.54, 1.807) is 23.5 Å². The fourth-order valence-electron chi connectivity index (χ4n) is 1.90. The normalized spacial score (nSPS) is 16.5. The molecule has 136 valence electrons. The van der Waals surface area contributed by atoms with Gasteiger partial charge in [-0.15, -0.1) is 23.5 Å². The molecule has 8 heteroatoms. The summed E-state index contributed by atoms with van der Waals surface area (Å²) in [6.45, 7) is 4.45. The van der Waals surface area contributed by atoms with E-state index in [-0.39, 0.29) is 4.32 Å². The van der Waals surface area contributed by atoms with Crippen molar-refractivity contribution in [3.63, 3.8) is 0 Å². The second-order valence-corrected chi connectivity index (χ2v) is 13.4. The molecule has 0 bridgehead atoms. The second-order valence-electron chi connectivity index (χ2n) is 5.13. The topological polar surface area (TPSA) is 35.5 Å². The van der Waals surface area contributed by atoms with Gasteiger partial charge in [-0.25, -0.2) is 0 Å². The molecule has 0 amide bonds. The zero-order valence-corrected chi connectivity index (χ0v) is 18.7. The Morgan fingerprint density at radius 1 is 0.913 bits per heavy atom. The molecule has 1 rings (SSSR count). The predicted molar refractivity (Wildman–Crippen MR) is 112 cm³/mol. The first-order valence-corrected chi connectivity index (χ1v) is 13.5. The Balaban J connectivity index is 2.63. The maximum Gasteiger partial charge on any atom is 0.353 e. The molecule has 0 atom stereocenters. The van der Waals surface area contributed by atoms with Crippen molar-refractivity contribution in [3.05, 3.63) is 8.47 Å². The summed E-state index contributed by atoms with van der Waals surface area (Å²) in [7, 11) is -0.0795. The maximum atomic E-state index is 12.7. The first kappa shape index (κ1) is 22.3. The summed E-state index contributed by atoms with van der Waals surface area (Å²) in [4.78, 5) is 0. The van der Waals surface area contributed by atoms with Gasteiger partial charge in [0.1, 0.15) is 0 Å². The van der Waals surface area contributed by atoms with E-state index in [4.69, 9.17) is 9.05 Å². The maximum absolute atomic E-state index is 12.7. The lowest BCUT2D eigenvalue weighted by Gasteiger charge is -2.19. The van der Waals surface area contributed by atoms with Crippen LogP contribution in [0, 0.1) is 0 Å². The second kappa shape index (κ2) is 12.6. The van der Waals surface area contributed by atoms with Crippen LogP contribution in [0.4, 0.5) is 0 Å². The van der Waals surface area contributed by atoms with Gasteiger partial charge in [0.15, 0.2) is 4.32 Å². The van der Waals surface area contributed by atoms with Gasteiger partial charge < -0.3 is 9.05 Å². The van der Waals surface area contributed by atoms with Crippen LogP contribution in [0.3, 0.4) is 0 Å². The first-order valence-electron chi connectivity index (χ1n) is 8.15. The largest absolute Gasteiger partial charge is 0.353 e. The monoisotopic (exact) mass is 416 g/mol. The van der Waals surface area contributed by atoms with Crippen LogP contribution in [0.5, 0.6) is 0 Å². The Hall–Kier alpha value is 1.29. The summed E-state index contributed by atoms with van der Waals surface area (Å²) < 4.78 is 25.5. The number of thioether (sulfide) groups is 4. The molecule has 0 unspecified atom stereocenters. The molecule has 0 saturated carbocycles. The molecular formula is C15H29O3PS4. The number of unbranched alkanes of at least 4 members (excludes halogenated alkanes) is 4. The van der Waals surface area contributed by atoms with Gasteiger partial charge in [0, 0.05) is 14.2 Å². The highest BCUT2D eigenvalue weighted by molar-refractivity contribution is 8.40. The highest BCUT2D eigenvalue weighted by Crippen LogP contribution is 2.69. The van der Waals surface area contributed by atoms with Crippen LogP contribution in [-0.4, -0.2) is 30.0 Å². The highest BCUT2D eigenvalue weighted by Gasteiger charge is 2.41. The third-order valence-corrected chi connectivity index (χ3v) is 12.6. The molecule has 1 aliphatic rings. The molecule has 0 aromatic rings. The van der Waals surface area contributed by atoms with E-state index in [0.29, 0.717) is 0 Å². The van der Waals surface area contributed by atoms with E-state index in [2.05, 4.69) is 13.8 Å². The van der Waals surface area contributed by atoms with Gasteiger partial charge >= 0.3 is 7.60 Å². The molecular weight excluding hydrogens is 387 g/mol. The quantitative estimate of drug-likeness (QED) is 0.232. The van der Waals surface area contributed by atoms with E-state index >= 15 is 0 Å². The van der Waals surface area contributed by atoms with Crippen LogP contribution in [0.15, 0.2) is 8.47 Å². The molecule has 0 aromatic heterocycles. The van der Waals surface area contributed by atoms with E-state index < -0.39 is 7.60 Å². The van der Waals surface area contributed by atoms with Crippen molar-refractivity contribution < 1.29 is 13.6 Å². The van der Waals surface area contributed by atoms with Gasteiger partial charge in [0.05, 0.1) is 8.47 Å². The zero-order chi connectivity index (χ0) is 17.1. The molecule has 1 heterocycles. The van der Waals surface area contributed by atoms with Gasteiger partial charge in [-0.2, -0.15) is 0 Å². The summed E-state index contributed by atoms with van der Waals surface area (Å²) in [5, 5.41) is 0. The Labute approximate surface area is 158 Å². The minimum atomic E-state index is -3.04. The van der Waals surface area contributed by atoms with Crippen molar-refractivity contribution in [1.82, 2.24) is 0 Å². The lowest BCUT2D eigenvalue weighted by Crippen LogP contribution is -1.99. The van der Waals surface area contributed by atoms with Crippen molar-refractivity contribution >= 4 is 54.6 Å². The summed E-state index contributed by atoms with van der Waals surface area (Å²) in [5.74, 6) is 2.26. The first-order chi connectivity index (χ1) is 11.1. The lowest BCUT2D eigenvalue weighted by molar-refractivity contribution is 0.279. The van der Waals surface area contributed by atoms with Gasteiger partial charge in [0.2, 0.25) is 0 Å². The third-order valence-electron chi connectivity index (χ3n) is 3.31. The minimum Gasteiger partial charge on any atom is -0.311 e. The fraction of sp³-hybridized carbons (Fsp3) is 0.867. The van der Waals surface area contributed by atoms with Crippen LogP contribution >= 0.6 is 54.6 Å². The number of rotatable bonds is 13. The summed E-state index contributed by atoms with van der Waals surface area (Å²) in [5.41, 5.74) is 0. The van der Waals surface area contributed by atoms with Gasteiger partial charge in [-0.1, -0.05) is 63.1 Å². The Morgan fingerprint density at radius 3 is 1.70 bits per heavy atom. The smallest absolute Gasteiger partial charge is 0.311 e. The van der Waals surface area contributed by atoms with E-state index in [9.17, 15) is 4.57 Å². The van der Waals surface area contributed by atoms with E-state index in [1.165, 1.54) is 61.2 Å². The van der Waals surface area contributed by atoms with Gasteiger partial charge in [-0.05, 0) is 24.3 Å². The fourth-order valence-corrected chi connectivity index (χ4v) is 11.4. The molecule has 3 nitrogen and oxygen atoms in total. The highest BCUT2D eigenvalue weighted by atomic mass is 32.3. The molecule has 1 aliphatic heterocycles. The molecule has 0 N–H and O–H groups in total. The Kier molecular flexibility index (Phi) is 12.2. The van der Waals surface area contributed by atoms with Gasteiger partial charge in [-0.3, -0.25) is 4.57 Å². The number of hydrogen-bond donors (Lipinski definition) is 0. The SMILES string of the molecule is CCCCCSC1=C(SCCCCC)SC(P(=O)(OC)OC)S1. The molecule has 0 aromatic carbocycles. The average Bonchev–Trinajstić information content (AvgIpc) is 2.98. The standard InChI is InChI=1S/C15H29O3PS4/c1-5-7-9-11-20-13-14(21-12-10-8-6-2)23-15(22-13)19(16,17-3)18-4/h15H,5-12H2,1-4H3. The third kappa shape index (κ3) is 7.59. The van der Waals surface area contributed by atoms with Gasteiger partial charge in [0.25, 0.3) is 0 Å². The van der Waals surface area contributed by atoms with Crippen molar-refractivity contribution in [3.8, 4) is 0 Å². The molecule has 0 fully saturated rings. The van der Waals surface area contributed by atoms with Crippen LogP contribution in [0.2, 0.25) is 0 Å². The van der Waals surface area contributed by atoms with Crippen LogP contribution in [-0.2, 0) is 13.6 Å². The van der Waals surface area contributed by atoms with Crippen LogP contribution in [0.25, 0.3) is 0 Å². The molecule has 23 heavy (non-hydrogen) atoms. The summed E-state index contributed by atoms with van der Waals surface area (Å²) in [6.07, 6.45) is 7.50. The molecule has 0 saturated heterocycles.